The lowest BCUT2D eigenvalue weighted by atomic mass is 10.3. The van der Waals surface area contributed by atoms with Crippen LogP contribution in [-0.2, 0) is 0 Å². The van der Waals surface area contributed by atoms with E-state index in [0.29, 0.717) is 0 Å². The van der Waals surface area contributed by atoms with Crippen LogP contribution in [0.15, 0.2) is 36.1 Å². The van der Waals surface area contributed by atoms with Crippen LogP contribution in [0.1, 0.15) is 0 Å². The first-order valence-electron chi connectivity index (χ1n) is 2.36. The fraction of sp³-hybridized carbons (Fsp3) is 0. The summed E-state index contributed by atoms with van der Waals surface area (Å²) >= 11 is 0. The van der Waals surface area contributed by atoms with Crippen molar-refractivity contribution in [3.63, 3.8) is 0 Å². The van der Waals surface area contributed by atoms with Gasteiger partial charge in [0.1, 0.15) is 0 Å². The number of nitrogens with one attached hydrogen (secondary N) is 1. The quantitative estimate of drug-likeness (QED) is 0.510. The van der Waals surface area contributed by atoms with Crippen molar-refractivity contribution in [1.29, 1.82) is 0 Å². The molecule has 0 amide bonds. The zero-order valence-corrected chi connectivity index (χ0v) is 4.29. The van der Waals surface area contributed by atoms with Gasteiger partial charge in [-0.15, -0.1) is 0 Å². The van der Waals surface area contributed by atoms with E-state index in [1.165, 1.54) is 6.20 Å². The van der Waals surface area contributed by atoms with Crippen molar-refractivity contribution in [2.45, 2.75) is 0 Å². The molecule has 0 aromatic rings. The summed E-state index contributed by atoms with van der Waals surface area (Å²) in [5, 5.41) is 9.69. The predicted octanol–water partition coefficient (Wildman–Crippen LogP) is 1.08. The maximum absolute atomic E-state index is 9.69. The number of hydrogen-bond donors (Lipinski definition) is 1. The molecule has 0 aromatic heterocycles. The highest BCUT2D eigenvalue weighted by Crippen LogP contribution is 2.04. The summed E-state index contributed by atoms with van der Waals surface area (Å²) in [6, 6.07) is 0. The Morgan fingerprint density at radius 2 is 2.00 bits per heavy atom. The number of rotatable bonds is 1. The smallest absolute Gasteiger partial charge is 0.00696 e. The van der Waals surface area contributed by atoms with Gasteiger partial charge in [0.2, 0.25) is 0 Å². The normalized spacial score (nSPS) is 14.9. The lowest BCUT2D eigenvalue weighted by Crippen LogP contribution is -1.88. The van der Waals surface area contributed by atoms with Crippen molar-refractivity contribution in [2.24, 2.45) is 0 Å². The van der Waals surface area contributed by atoms with E-state index < -0.39 is 0 Å². The Morgan fingerprint density at radius 1 is 1.38 bits per heavy atom. The largest absolute Gasteiger partial charge is 0.761 e. The van der Waals surface area contributed by atoms with Crippen LogP contribution in [0.25, 0.3) is 0 Å². The first kappa shape index (κ1) is 5.12. The molecular formula is C6H6NO-. The molecule has 0 heterocycles. The molecule has 2 heteroatoms. The molecule has 0 bridgehead atoms. The Bertz CT molecular complexity index is 142. The van der Waals surface area contributed by atoms with Gasteiger partial charge in [-0.2, -0.15) is 0 Å². The van der Waals surface area contributed by atoms with Crippen molar-refractivity contribution in [3.8, 4) is 0 Å². The molecule has 0 radical (unpaired) electrons. The van der Waals surface area contributed by atoms with Crippen molar-refractivity contribution in [1.82, 2.24) is 5.48 Å². The van der Waals surface area contributed by atoms with Crippen LogP contribution >= 0.6 is 0 Å². The summed E-state index contributed by atoms with van der Waals surface area (Å²) < 4.78 is 0. The van der Waals surface area contributed by atoms with Crippen molar-refractivity contribution < 1.29 is 0 Å². The van der Waals surface area contributed by atoms with E-state index in [1.54, 1.807) is 5.48 Å². The Morgan fingerprint density at radius 3 is 2.50 bits per heavy atom. The van der Waals surface area contributed by atoms with E-state index in [-0.39, 0.29) is 0 Å². The second-order valence-electron chi connectivity index (χ2n) is 1.48. The summed E-state index contributed by atoms with van der Waals surface area (Å²) in [5.41, 5.74) is 2.61. The third kappa shape index (κ3) is 0.978. The monoisotopic (exact) mass is 108 g/mol. The summed E-state index contributed by atoms with van der Waals surface area (Å²) in [4.78, 5) is 0. The SMILES string of the molecule is [O-]NC=C1C=CC=C1. The maximum Gasteiger partial charge on any atom is -0.00696 e. The second kappa shape index (κ2) is 2.33. The Kier molecular flexibility index (Phi) is 1.49. The molecule has 1 N–H and O–H groups in total. The summed E-state index contributed by atoms with van der Waals surface area (Å²) in [6.45, 7) is 0. The fourth-order valence-corrected chi connectivity index (χ4v) is 0.553. The van der Waals surface area contributed by atoms with Gasteiger partial charge in [0, 0.05) is 0 Å². The highest BCUT2D eigenvalue weighted by atomic mass is 16.5. The molecule has 1 aliphatic rings. The number of allylic oxidation sites excluding steroid dienone is 5. The average molecular weight is 108 g/mol. The van der Waals surface area contributed by atoms with E-state index >= 15 is 0 Å². The van der Waals surface area contributed by atoms with Gasteiger partial charge >= 0.3 is 0 Å². The molecule has 0 atom stereocenters. The van der Waals surface area contributed by atoms with Gasteiger partial charge in [0.05, 0.1) is 0 Å². The van der Waals surface area contributed by atoms with E-state index in [4.69, 9.17) is 0 Å². The zero-order valence-electron chi connectivity index (χ0n) is 4.29. The summed E-state index contributed by atoms with van der Waals surface area (Å²) in [7, 11) is 0. The maximum atomic E-state index is 9.69. The third-order valence-electron chi connectivity index (χ3n) is 0.914. The van der Waals surface area contributed by atoms with Gasteiger partial charge in [-0.3, -0.25) is 0 Å². The van der Waals surface area contributed by atoms with E-state index in [1.807, 2.05) is 24.3 Å². The highest BCUT2D eigenvalue weighted by molar-refractivity contribution is 5.39. The first-order valence-corrected chi connectivity index (χ1v) is 2.36. The van der Waals surface area contributed by atoms with E-state index in [0.717, 1.165) is 5.57 Å². The molecule has 0 aliphatic heterocycles. The molecule has 0 unspecified atom stereocenters. The Labute approximate surface area is 47.8 Å². The van der Waals surface area contributed by atoms with Gasteiger partial charge in [-0.1, -0.05) is 24.3 Å². The molecule has 0 spiro atoms. The summed E-state index contributed by atoms with van der Waals surface area (Å²) in [6.07, 6.45) is 8.86. The average Bonchev–Trinajstić information content (AvgIpc) is 2.19. The van der Waals surface area contributed by atoms with Gasteiger partial charge in [-0.05, 0) is 11.8 Å². The molecule has 1 rings (SSSR count). The standard InChI is InChI=1S/C6H6NO/c8-7-5-6-3-1-2-4-6/h1-5,7H/q-1. The van der Waals surface area contributed by atoms with Crippen molar-refractivity contribution >= 4 is 0 Å². The topological polar surface area (TPSA) is 35.1 Å². The molecule has 0 saturated carbocycles. The number of hydroxylamine groups is 1. The first-order chi connectivity index (χ1) is 3.93. The van der Waals surface area contributed by atoms with E-state index in [2.05, 4.69) is 0 Å². The minimum Gasteiger partial charge on any atom is -0.761 e. The molecule has 0 saturated heterocycles. The van der Waals surface area contributed by atoms with Gasteiger partial charge in [-0.25, -0.2) is 0 Å². The zero-order chi connectivity index (χ0) is 5.82. The van der Waals surface area contributed by atoms with Crippen LogP contribution in [0, 0.1) is 5.21 Å². The lowest BCUT2D eigenvalue weighted by molar-refractivity contribution is 1.20. The molecule has 0 aromatic carbocycles. The van der Waals surface area contributed by atoms with Gasteiger partial charge in [0.15, 0.2) is 0 Å². The lowest BCUT2D eigenvalue weighted by Gasteiger charge is -1.99. The Balaban J connectivity index is 2.60. The molecular weight excluding hydrogens is 102 g/mol. The van der Waals surface area contributed by atoms with Crippen LogP contribution < -0.4 is 5.48 Å². The molecule has 8 heavy (non-hydrogen) atoms. The van der Waals surface area contributed by atoms with Crippen LogP contribution in [0.3, 0.4) is 0 Å². The molecule has 1 aliphatic carbocycles. The minimum absolute atomic E-state index is 0.917. The Hall–Kier alpha value is -1.02. The molecule has 2 nitrogen and oxygen atoms in total. The fourth-order valence-electron chi connectivity index (χ4n) is 0.553. The van der Waals surface area contributed by atoms with Crippen LogP contribution in [0.4, 0.5) is 0 Å². The van der Waals surface area contributed by atoms with Crippen molar-refractivity contribution in [3.05, 3.63) is 41.3 Å². The third-order valence-corrected chi connectivity index (χ3v) is 0.914. The van der Waals surface area contributed by atoms with Crippen LogP contribution in [0.5, 0.6) is 0 Å². The van der Waals surface area contributed by atoms with E-state index in [9.17, 15) is 5.21 Å². The summed E-state index contributed by atoms with van der Waals surface area (Å²) in [5.74, 6) is 0. The van der Waals surface area contributed by atoms with Crippen LogP contribution in [0.2, 0.25) is 0 Å². The highest BCUT2D eigenvalue weighted by Gasteiger charge is 1.85. The predicted molar refractivity (Wildman–Crippen MR) is 32.9 cm³/mol. The van der Waals surface area contributed by atoms with Crippen LogP contribution in [-0.4, -0.2) is 0 Å². The number of hydrogen-bond acceptors (Lipinski definition) is 2. The minimum atomic E-state index is 0.917. The van der Waals surface area contributed by atoms with Gasteiger partial charge < -0.3 is 10.7 Å². The van der Waals surface area contributed by atoms with Crippen molar-refractivity contribution in [2.75, 3.05) is 0 Å². The molecule has 0 fully saturated rings. The second-order valence-corrected chi connectivity index (χ2v) is 1.48. The van der Waals surface area contributed by atoms with Gasteiger partial charge in [0.25, 0.3) is 0 Å². The molecule has 42 valence electrons.